The van der Waals surface area contributed by atoms with Crippen LogP contribution in [0.5, 0.6) is 0 Å². The molecule has 142 valence electrons. The van der Waals surface area contributed by atoms with Gasteiger partial charge in [-0.05, 0) is 31.0 Å². The SMILES string of the molecule is O=S(=O)(NCC1CCCO1)c1cc(-c2nc(-c3cccc(F)c3)no2)cs1. The van der Waals surface area contributed by atoms with Crippen molar-refractivity contribution in [1.29, 1.82) is 0 Å². The van der Waals surface area contributed by atoms with Crippen LogP contribution < -0.4 is 4.72 Å². The summed E-state index contributed by atoms with van der Waals surface area (Å²) in [5.74, 6) is 0.00258. The number of hydrogen-bond acceptors (Lipinski definition) is 7. The molecule has 1 unspecified atom stereocenters. The Labute approximate surface area is 159 Å². The number of aromatic nitrogens is 2. The molecule has 27 heavy (non-hydrogen) atoms. The molecule has 0 aliphatic carbocycles. The molecule has 1 aliphatic rings. The summed E-state index contributed by atoms with van der Waals surface area (Å²) in [6.07, 6.45) is 1.72. The fraction of sp³-hybridized carbons (Fsp3) is 0.294. The molecule has 0 bridgehead atoms. The van der Waals surface area contributed by atoms with Gasteiger partial charge in [0.1, 0.15) is 10.0 Å². The summed E-state index contributed by atoms with van der Waals surface area (Å²) in [5.41, 5.74) is 0.971. The highest BCUT2D eigenvalue weighted by molar-refractivity contribution is 7.91. The van der Waals surface area contributed by atoms with E-state index in [2.05, 4.69) is 14.9 Å². The maximum atomic E-state index is 13.3. The summed E-state index contributed by atoms with van der Waals surface area (Å²) in [4.78, 5) is 4.22. The van der Waals surface area contributed by atoms with Crippen LogP contribution in [0.4, 0.5) is 4.39 Å². The van der Waals surface area contributed by atoms with Gasteiger partial charge in [0, 0.05) is 24.1 Å². The van der Waals surface area contributed by atoms with Gasteiger partial charge in [-0.2, -0.15) is 4.98 Å². The molecule has 1 atom stereocenters. The molecular formula is C17H16FN3O4S2. The van der Waals surface area contributed by atoms with Crippen LogP contribution in [0.3, 0.4) is 0 Å². The first-order valence-electron chi connectivity index (χ1n) is 8.31. The van der Waals surface area contributed by atoms with Gasteiger partial charge in [0.15, 0.2) is 0 Å². The van der Waals surface area contributed by atoms with Gasteiger partial charge >= 0.3 is 0 Å². The van der Waals surface area contributed by atoms with E-state index in [1.54, 1.807) is 17.5 Å². The molecule has 1 N–H and O–H groups in total. The predicted octanol–water partition coefficient (Wildman–Crippen LogP) is 3.06. The number of halogens is 1. The Morgan fingerprint density at radius 1 is 1.30 bits per heavy atom. The highest BCUT2D eigenvalue weighted by Crippen LogP contribution is 2.29. The van der Waals surface area contributed by atoms with Crippen molar-refractivity contribution in [2.45, 2.75) is 23.2 Å². The lowest BCUT2D eigenvalue weighted by molar-refractivity contribution is 0.114. The third-order valence-corrected chi connectivity index (χ3v) is 6.98. The Balaban J connectivity index is 1.50. The maximum Gasteiger partial charge on any atom is 0.259 e. The predicted molar refractivity (Wildman–Crippen MR) is 97.2 cm³/mol. The van der Waals surface area contributed by atoms with Crippen molar-refractivity contribution in [3.05, 3.63) is 41.5 Å². The number of hydrogen-bond donors (Lipinski definition) is 1. The molecule has 3 aromatic rings. The van der Waals surface area contributed by atoms with E-state index in [1.807, 2.05) is 0 Å². The van der Waals surface area contributed by atoms with Crippen LogP contribution in [0.25, 0.3) is 22.8 Å². The van der Waals surface area contributed by atoms with E-state index in [9.17, 15) is 12.8 Å². The Hall–Kier alpha value is -2.14. The molecule has 0 radical (unpaired) electrons. The van der Waals surface area contributed by atoms with E-state index >= 15 is 0 Å². The zero-order valence-electron chi connectivity index (χ0n) is 14.1. The fourth-order valence-electron chi connectivity index (χ4n) is 2.73. The largest absolute Gasteiger partial charge is 0.377 e. The van der Waals surface area contributed by atoms with Crippen molar-refractivity contribution in [2.75, 3.05) is 13.2 Å². The molecular weight excluding hydrogens is 393 g/mol. The Morgan fingerprint density at radius 2 is 2.19 bits per heavy atom. The molecule has 2 aromatic heterocycles. The standard InChI is InChI=1S/C17H16FN3O4S2/c18-13-4-1-3-11(7-13)16-20-17(25-21-16)12-8-15(26-10-12)27(22,23)19-9-14-5-2-6-24-14/h1,3-4,7-8,10,14,19H,2,5-6,9H2. The number of rotatable bonds is 6. The van der Waals surface area contributed by atoms with E-state index in [0.717, 1.165) is 24.2 Å². The van der Waals surface area contributed by atoms with Crippen LogP contribution in [-0.4, -0.2) is 37.8 Å². The van der Waals surface area contributed by atoms with E-state index in [4.69, 9.17) is 9.26 Å². The molecule has 1 aromatic carbocycles. The fourth-order valence-corrected chi connectivity index (χ4v) is 5.00. The Bertz CT molecular complexity index is 1040. The summed E-state index contributed by atoms with van der Waals surface area (Å²) in [7, 11) is -3.64. The molecule has 3 heterocycles. The molecule has 7 nitrogen and oxygen atoms in total. The first-order chi connectivity index (χ1) is 13.0. The average molecular weight is 409 g/mol. The van der Waals surface area contributed by atoms with Crippen LogP contribution in [0.2, 0.25) is 0 Å². The topological polar surface area (TPSA) is 94.3 Å². The summed E-state index contributed by atoms with van der Waals surface area (Å²) in [6.45, 7) is 0.917. The summed E-state index contributed by atoms with van der Waals surface area (Å²) in [5, 5.41) is 5.46. The van der Waals surface area contributed by atoms with Crippen LogP contribution in [-0.2, 0) is 14.8 Å². The monoisotopic (exact) mass is 409 g/mol. The summed E-state index contributed by atoms with van der Waals surface area (Å²) in [6, 6.07) is 7.31. The minimum absolute atomic E-state index is 0.0797. The number of sulfonamides is 1. The quantitative estimate of drug-likeness (QED) is 0.672. The minimum Gasteiger partial charge on any atom is -0.377 e. The lowest BCUT2D eigenvalue weighted by atomic mass is 10.2. The van der Waals surface area contributed by atoms with Crippen molar-refractivity contribution < 1.29 is 22.1 Å². The van der Waals surface area contributed by atoms with E-state index in [0.29, 0.717) is 17.7 Å². The molecule has 1 aliphatic heterocycles. The summed E-state index contributed by atoms with van der Waals surface area (Å²) < 4.78 is 51.6. The van der Waals surface area contributed by atoms with Gasteiger partial charge in [-0.25, -0.2) is 17.5 Å². The van der Waals surface area contributed by atoms with Gasteiger partial charge in [0.2, 0.25) is 15.8 Å². The van der Waals surface area contributed by atoms with Crippen LogP contribution in [0.1, 0.15) is 12.8 Å². The molecule has 10 heteroatoms. The zero-order valence-corrected chi connectivity index (χ0v) is 15.7. The number of ether oxygens (including phenoxy) is 1. The average Bonchev–Trinajstić information content (AvgIpc) is 3.41. The van der Waals surface area contributed by atoms with Crippen LogP contribution in [0, 0.1) is 5.82 Å². The van der Waals surface area contributed by atoms with Crippen LogP contribution in [0.15, 0.2) is 44.4 Å². The van der Waals surface area contributed by atoms with Gasteiger partial charge in [-0.1, -0.05) is 17.3 Å². The smallest absolute Gasteiger partial charge is 0.259 e. The molecule has 0 spiro atoms. The van der Waals surface area contributed by atoms with E-state index in [1.165, 1.54) is 18.2 Å². The maximum absolute atomic E-state index is 13.3. The third kappa shape index (κ3) is 4.08. The van der Waals surface area contributed by atoms with E-state index < -0.39 is 15.8 Å². The second-order valence-electron chi connectivity index (χ2n) is 6.07. The zero-order chi connectivity index (χ0) is 18.9. The van der Waals surface area contributed by atoms with Gasteiger partial charge in [0.05, 0.1) is 11.7 Å². The Kier molecular flexibility index (Phi) is 5.04. The van der Waals surface area contributed by atoms with Crippen molar-refractivity contribution in [1.82, 2.24) is 14.9 Å². The van der Waals surface area contributed by atoms with Gasteiger partial charge in [0.25, 0.3) is 5.89 Å². The van der Waals surface area contributed by atoms with Gasteiger partial charge in [-0.3, -0.25) is 0 Å². The first-order valence-corrected chi connectivity index (χ1v) is 10.7. The highest BCUT2D eigenvalue weighted by Gasteiger charge is 2.23. The van der Waals surface area contributed by atoms with E-state index in [-0.39, 0.29) is 28.6 Å². The first kappa shape index (κ1) is 18.2. The second kappa shape index (κ2) is 7.47. The normalized spacial score (nSPS) is 17.4. The van der Waals surface area contributed by atoms with Crippen molar-refractivity contribution in [2.24, 2.45) is 0 Å². The highest BCUT2D eigenvalue weighted by atomic mass is 32.2. The van der Waals surface area contributed by atoms with Crippen molar-refractivity contribution in [3.63, 3.8) is 0 Å². The van der Waals surface area contributed by atoms with Gasteiger partial charge < -0.3 is 9.26 Å². The lowest BCUT2D eigenvalue weighted by Crippen LogP contribution is -2.31. The minimum atomic E-state index is -3.64. The Morgan fingerprint density at radius 3 is 2.96 bits per heavy atom. The van der Waals surface area contributed by atoms with Gasteiger partial charge in [-0.15, -0.1) is 11.3 Å². The molecule has 0 amide bonds. The summed E-state index contributed by atoms with van der Waals surface area (Å²) >= 11 is 1.06. The number of nitrogens with one attached hydrogen (secondary N) is 1. The second-order valence-corrected chi connectivity index (χ2v) is 8.98. The molecule has 1 fully saturated rings. The lowest BCUT2D eigenvalue weighted by Gasteiger charge is -2.10. The number of thiophene rings is 1. The van der Waals surface area contributed by atoms with Crippen LogP contribution >= 0.6 is 11.3 Å². The number of nitrogens with zero attached hydrogens (tertiary/aromatic N) is 2. The molecule has 4 rings (SSSR count). The molecule has 1 saturated heterocycles. The van der Waals surface area contributed by atoms with Crippen molar-refractivity contribution >= 4 is 21.4 Å². The third-order valence-electron chi connectivity index (χ3n) is 4.12. The van der Waals surface area contributed by atoms with Crippen molar-refractivity contribution in [3.8, 4) is 22.8 Å². The number of benzene rings is 1. The molecule has 0 saturated carbocycles.